The lowest BCUT2D eigenvalue weighted by molar-refractivity contribution is 0.470. The van der Waals surface area contributed by atoms with Gasteiger partial charge < -0.3 is 5.11 Å². The third kappa shape index (κ3) is 1.71. The molecule has 0 saturated heterocycles. The van der Waals surface area contributed by atoms with E-state index in [1.807, 2.05) is 6.07 Å². The van der Waals surface area contributed by atoms with Crippen molar-refractivity contribution in [2.75, 3.05) is 0 Å². The molecule has 0 atom stereocenters. The SMILES string of the molecule is N#CCc1ccc(Br)c(Cl)c1O. The zero-order valence-electron chi connectivity index (χ0n) is 6.01. The van der Waals surface area contributed by atoms with Gasteiger partial charge in [0.15, 0.2) is 0 Å². The monoisotopic (exact) mass is 245 g/mol. The van der Waals surface area contributed by atoms with Crippen LogP contribution in [0, 0.1) is 11.3 Å². The highest BCUT2D eigenvalue weighted by Gasteiger charge is 2.07. The van der Waals surface area contributed by atoms with E-state index in [-0.39, 0.29) is 17.2 Å². The van der Waals surface area contributed by atoms with E-state index in [9.17, 15) is 5.11 Å². The lowest BCUT2D eigenvalue weighted by atomic mass is 10.1. The summed E-state index contributed by atoms with van der Waals surface area (Å²) in [6.07, 6.45) is 0.166. The summed E-state index contributed by atoms with van der Waals surface area (Å²) in [4.78, 5) is 0. The van der Waals surface area contributed by atoms with Crippen LogP contribution in [0.3, 0.4) is 0 Å². The van der Waals surface area contributed by atoms with E-state index < -0.39 is 0 Å². The second-order valence-electron chi connectivity index (χ2n) is 2.20. The number of aromatic hydroxyl groups is 1. The van der Waals surface area contributed by atoms with Crippen LogP contribution in [-0.4, -0.2) is 5.11 Å². The topological polar surface area (TPSA) is 44.0 Å². The number of hydrogen-bond acceptors (Lipinski definition) is 2. The van der Waals surface area contributed by atoms with Gasteiger partial charge >= 0.3 is 0 Å². The molecule has 0 aliphatic heterocycles. The highest BCUT2D eigenvalue weighted by atomic mass is 79.9. The Morgan fingerprint density at radius 2 is 2.25 bits per heavy atom. The Hall–Kier alpha value is -0.720. The van der Waals surface area contributed by atoms with Gasteiger partial charge in [-0.15, -0.1) is 0 Å². The highest BCUT2D eigenvalue weighted by Crippen LogP contribution is 2.34. The molecule has 0 unspecified atom stereocenters. The predicted octanol–water partition coefficient (Wildman–Crippen LogP) is 2.87. The molecule has 0 heterocycles. The molecule has 4 heteroatoms. The zero-order chi connectivity index (χ0) is 9.14. The smallest absolute Gasteiger partial charge is 0.139 e. The van der Waals surface area contributed by atoms with Gasteiger partial charge in [0.05, 0.1) is 17.5 Å². The van der Waals surface area contributed by atoms with Gasteiger partial charge in [-0.2, -0.15) is 5.26 Å². The van der Waals surface area contributed by atoms with Crippen LogP contribution in [0.1, 0.15) is 5.56 Å². The Labute approximate surface area is 83.5 Å². The molecule has 0 spiro atoms. The van der Waals surface area contributed by atoms with Gasteiger partial charge in [0, 0.05) is 10.0 Å². The summed E-state index contributed by atoms with van der Waals surface area (Å²) >= 11 is 8.87. The summed E-state index contributed by atoms with van der Waals surface area (Å²) in [5, 5.41) is 18.0. The van der Waals surface area contributed by atoms with Crippen molar-refractivity contribution in [3.05, 3.63) is 27.2 Å². The Bertz CT molecular complexity index is 346. The maximum absolute atomic E-state index is 9.40. The summed E-state index contributed by atoms with van der Waals surface area (Å²) in [7, 11) is 0. The minimum absolute atomic E-state index is 0.0207. The van der Waals surface area contributed by atoms with Crippen LogP contribution in [0.5, 0.6) is 5.75 Å². The lowest BCUT2D eigenvalue weighted by Gasteiger charge is -2.03. The molecule has 2 nitrogen and oxygen atoms in total. The number of rotatable bonds is 1. The minimum Gasteiger partial charge on any atom is -0.506 e. The van der Waals surface area contributed by atoms with E-state index in [2.05, 4.69) is 15.9 Å². The minimum atomic E-state index is -0.0207. The molecule has 1 rings (SSSR count). The first-order chi connectivity index (χ1) is 5.66. The van der Waals surface area contributed by atoms with Crippen LogP contribution < -0.4 is 0 Å². The highest BCUT2D eigenvalue weighted by molar-refractivity contribution is 9.10. The molecule has 1 aromatic carbocycles. The molecular weight excluding hydrogens is 241 g/mol. The first kappa shape index (κ1) is 9.37. The van der Waals surface area contributed by atoms with Crippen molar-refractivity contribution in [1.82, 2.24) is 0 Å². The Kier molecular flexibility index (Phi) is 2.96. The van der Waals surface area contributed by atoms with Gasteiger partial charge in [-0.25, -0.2) is 0 Å². The van der Waals surface area contributed by atoms with E-state index in [0.29, 0.717) is 10.0 Å². The molecule has 12 heavy (non-hydrogen) atoms. The van der Waals surface area contributed by atoms with Crippen LogP contribution in [0.25, 0.3) is 0 Å². The Balaban J connectivity index is 3.19. The normalized spacial score (nSPS) is 9.42. The van der Waals surface area contributed by atoms with Crippen molar-refractivity contribution in [3.8, 4) is 11.8 Å². The summed E-state index contributed by atoms with van der Waals surface area (Å²) in [6.45, 7) is 0. The van der Waals surface area contributed by atoms with Gasteiger partial charge in [-0.3, -0.25) is 0 Å². The van der Waals surface area contributed by atoms with Gasteiger partial charge in [0.1, 0.15) is 5.75 Å². The second kappa shape index (κ2) is 3.79. The van der Waals surface area contributed by atoms with Gasteiger partial charge in [-0.1, -0.05) is 17.7 Å². The van der Waals surface area contributed by atoms with E-state index in [0.717, 1.165) is 0 Å². The fraction of sp³-hybridized carbons (Fsp3) is 0.125. The van der Waals surface area contributed by atoms with Gasteiger partial charge in [-0.05, 0) is 22.0 Å². The Morgan fingerprint density at radius 3 is 2.83 bits per heavy atom. The summed E-state index contributed by atoms with van der Waals surface area (Å²) < 4.78 is 0.628. The van der Waals surface area contributed by atoms with Crippen molar-refractivity contribution in [2.24, 2.45) is 0 Å². The van der Waals surface area contributed by atoms with Crippen LogP contribution in [0.15, 0.2) is 16.6 Å². The zero-order valence-corrected chi connectivity index (χ0v) is 8.35. The molecule has 1 N–H and O–H groups in total. The second-order valence-corrected chi connectivity index (χ2v) is 3.44. The number of nitriles is 1. The molecule has 0 radical (unpaired) electrons. The quantitative estimate of drug-likeness (QED) is 0.828. The standard InChI is InChI=1S/C8H5BrClNO/c9-6-2-1-5(3-4-11)8(12)7(6)10/h1-2,12H,3H2. The third-order valence-electron chi connectivity index (χ3n) is 1.42. The van der Waals surface area contributed by atoms with Crippen molar-refractivity contribution in [1.29, 1.82) is 5.26 Å². The number of phenols is 1. The molecule has 0 bridgehead atoms. The van der Waals surface area contributed by atoms with E-state index in [1.165, 1.54) is 0 Å². The molecule has 0 fully saturated rings. The van der Waals surface area contributed by atoms with Crippen molar-refractivity contribution < 1.29 is 5.11 Å². The fourth-order valence-electron chi connectivity index (χ4n) is 0.808. The maximum atomic E-state index is 9.40. The number of halogens is 2. The first-order valence-corrected chi connectivity index (χ1v) is 4.36. The third-order valence-corrected chi connectivity index (χ3v) is 2.69. The summed E-state index contributed by atoms with van der Waals surface area (Å²) in [5.74, 6) is -0.0207. The van der Waals surface area contributed by atoms with E-state index >= 15 is 0 Å². The molecule has 1 aromatic rings. The van der Waals surface area contributed by atoms with Gasteiger partial charge in [0.25, 0.3) is 0 Å². The summed E-state index contributed by atoms with van der Waals surface area (Å²) in [6, 6.07) is 5.30. The van der Waals surface area contributed by atoms with Crippen LogP contribution >= 0.6 is 27.5 Å². The number of phenolic OH excluding ortho intramolecular Hbond substituents is 1. The van der Waals surface area contributed by atoms with Crippen molar-refractivity contribution in [2.45, 2.75) is 6.42 Å². The van der Waals surface area contributed by atoms with Crippen LogP contribution in [0.2, 0.25) is 5.02 Å². The average molecular weight is 246 g/mol. The number of benzene rings is 1. The van der Waals surface area contributed by atoms with Crippen LogP contribution in [-0.2, 0) is 6.42 Å². The molecule has 0 aliphatic rings. The fourth-order valence-corrected chi connectivity index (χ4v) is 1.31. The van der Waals surface area contributed by atoms with Crippen molar-refractivity contribution in [3.63, 3.8) is 0 Å². The molecule has 0 aliphatic carbocycles. The van der Waals surface area contributed by atoms with E-state index in [4.69, 9.17) is 16.9 Å². The van der Waals surface area contributed by atoms with Crippen LogP contribution in [0.4, 0.5) is 0 Å². The lowest BCUT2D eigenvalue weighted by Crippen LogP contribution is -1.83. The van der Waals surface area contributed by atoms with E-state index in [1.54, 1.807) is 12.1 Å². The maximum Gasteiger partial charge on any atom is 0.139 e. The predicted molar refractivity (Wildman–Crippen MR) is 50.1 cm³/mol. The molecular formula is C8H5BrClNO. The van der Waals surface area contributed by atoms with Crippen molar-refractivity contribution >= 4 is 27.5 Å². The number of hydrogen-bond donors (Lipinski definition) is 1. The average Bonchev–Trinajstić information content (AvgIpc) is 2.07. The molecule has 0 amide bonds. The Morgan fingerprint density at radius 1 is 1.58 bits per heavy atom. The molecule has 62 valence electrons. The molecule has 0 aromatic heterocycles. The van der Waals surface area contributed by atoms with Gasteiger partial charge in [0.2, 0.25) is 0 Å². The largest absolute Gasteiger partial charge is 0.506 e. The molecule has 0 saturated carbocycles. The number of nitrogens with zero attached hydrogens (tertiary/aromatic N) is 1. The summed E-state index contributed by atoms with van der Waals surface area (Å²) in [5.41, 5.74) is 0.547. The first-order valence-electron chi connectivity index (χ1n) is 3.19.